The van der Waals surface area contributed by atoms with E-state index >= 15 is 0 Å². The summed E-state index contributed by atoms with van der Waals surface area (Å²) in [6, 6.07) is 13.2. The highest BCUT2D eigenvalue weighted by molar-refractivity contribution is 5.95. The summed E-state index contributed by atoms with van der Waals surface area (Å²) in [5.74, 6) is 0.615. The van der Waals surface area contributed by atoms with Gasteiger partial charge < -0.3 is 34.2 Å². The number of methoxy groups -OCH3 is 3. The second-order valence-corrected chi connectivity index (χ2v) is 12.8. The van der Waals surface area contributed by atoms with Gasteiger partial charge >= 0.3 is 0 Å². The molecule has 4 heterocycles. The first-order chi connectivity index (χ1) is 24.8. The van der Waals surface area contributed by atoms with Crippen LogP contribution in [0.4, 0.5) is 10.2 Å². The number of aromatic nitrogens is 2. The van der Waals surface area contributed by atoms with Crippen molar-refractivity contribution in [2.75, 3.05) is 65.5 Å². The Hall–Kier alpha value is -5.46. The van der Waals surface area contributed by atoms with E-state index in [-0.39, 0.29) is 62.3 Å². The molecule has 1 saturated heterocycles. The van der Waals surface area contributed by atoms with Gasteiger partial charge in [0.2, 0.25) is 17.6 Å². The van der Waals surface area contributed by atoms with Gasteiger partial charge in [0.05, 0.1) is 38.8 Å². The molecule has 3 amide bonds. The second-order valence-electron chi connectivity index (χ2n) is 12.8. The number of fused-ring (bicyclic) bond motifs is 5. The summed E-state index contributed by atoms with van der Waals surface area (Å²) < 4.78 is 32.0. The fourth-order valence-corrected chi connectivity index (χ4v) is 6.87. The van der Waals surface area contributed by atoms with Gasteiger partial charge in [0.15, 0.2) is 11.5 Å². The molecule has 1 unspecified atom stereocenters. The van der Waals surface area contributed by atoms with Crippen LogP contribution in [0.5, 0.6) is 17.2 Å². The van der Waals surface area contributed by atoms with Crippen LogP contribution in [0.3, 0.4) is 0 Å². The molecule has 1 fully saturated rings. The molecule has 6 rings (SSSR count). The smallest absolute Gasteiger partial charge is 0.256 e. The van der Waals surface area contributed by atoms with Crippen LogP contribution in [-0.2, 0) is 22.6 Å². The largest absolute Gasteiger partial charge is 0.493 e. The standard InChI is InChI=1S/C38H43FN6O6/c1-49-32-20-31-29(35(50-2)36(32)51-3)19-27-24-44(34(47)18-25-8-6-13-40-21-25)17-16-43(38(48)28-10-4-5-11-30(28)39)15-12-33(46)41-22-26-9-7-14-45(23-26)37(27)42-31/h4-6,8,10-11,13,19-21,26H,7,9,12,14-18,22-24H2,1-3H3,(H,41,46). The number of rotatable bonds is 6. The fourth-order valence-electron chi connectivity index (χ4n) is 6.87. The van der Waals surface area contributed by atoms with Crippen LogP contribution in [0, 0.1) is 11.7 Å². The van der Waals surface area contributed by atoms with Crippen LogP contribution >= 0.6 is 0 Å². The first-order valence-corrected chi connectivity index (χ1v) is 17.1. The van der Waals surface area contributed by atoms with Crippen molar-refractivity contribution in [2.24, 2.45) is 5.92 Å². The number of nitrogens with one attached hydrogen (secondary N) is 1. The molecule has 51 heavy (non-hydrogen) atoms. The highest BCUT2D eigenvalue weighted by Gasteiger charge is 2.29. The lowest BCUT2D eigenvalue weighted by Crippen LogP contribution is -2.43. The normalized spacial score (nSPS) is 17.1. The van der Waals surface area contributed by atoms with E-state index in [4.69, 9.17) is 19.2 Å². The molecule has 268 valence electrons. The van der Waals surface area contributed by atoms with Gasteiger partial charge in [-0.3, -0.25) is 19.4 Å². The van der Waals surface area contributed by atoms with Gasteiger partial charge in [0.1, 0.15) is 11.6 Å². The van der Waals surface area contributed by atoms with Crippen LogP contribution in [0.25, 0.3) is 10.9 Å². The number of nitrogens with zero attached hydrogens (tertiary/aromatic N) is 5. The third kappa shape index (κ3) is 7.97. The van der Waals surface area contributed by atoms with E-state index in [0.29, 0.717) is 47.1 Å². The fraction of sp³-hybridized carbons (Fsp3) is 0.395. The van der Waals surface area contributed by atoms with Crippen molar-refractivity contribution in [3.63, 3.8) is 0 Å². The zero-order valence-electron chi connectivity index (χ0n) is 29.2. The second kappa shape index (κ2) is 16.0. The number of ether oxygens (including phenoxy) is 3. The highest BCUT2D eigenvalue weighted by atomic mass is 19.1. The van der Waals surface area contributed by atoms with Gasteiger partial charge in [-0.15, -0.1) is 0 Å². The first kappa shape index (κ1) is 35.4. The lowest BCUT2D eigenvalue weighted by atomic mass is 9.97. The average molecular weight is 699 g/mol. The summed E-state index contributed by atoms with van der Waals surface area (Å²) >= 11 is 0. The molecule has 0 spiro atoms. The number of carbonyl (C=O) groups is 3. The Morgan fingerprint density at radius 1 is 0.961 bits per heavy atom. The summed E-state index contributed by atoms with van der Waals surface area (Å²) in [5, 5.41) is 3.74. The van der Waals surface area contributed by atoms with Crippen molar-refractivity contribution in [1.29, 1.82) is 0 Å². The predicted molar refractivity (Wildman–Crippen MR) is 190 cm³/mol. The molecule has 0 saturated carbocycles. The molecule has 2 aromatic heterocycles. The van der Waals surface area contributed by atoms with Crippen molar-refractivity contribution in [3.8, 4) is 17.2 Å². The number of piperidine rings is 1. The number of amides is 3. The minimum absolute atomic E-state index is 0.0386. The Morgan fingerprint density at radius 2 is 1.76 bits per heavy atom. The van der Waals surface area contributed by atoms with Crippen LogP contribution in [0.15, 0.2) is 60.9 Å². The molecule has 2 aliphatic heterocycles. The number of carbonyl (C=O) groups excluding carboxylic acids is 3. The number of halogens is 1. The lowest BCUT2D eigenvalue weighted by Gasteiger charge is -2.35. The van der Waals surface area contributed by atoms with Gasteiger partial charge in [-0.05, 0) is 48.6 Å². The maximum atomic E-state index is 14.9. The Labute approximate surface area is 296 Å². The van der Waals surface area contributed by atoms with Crippen molar-refractivity contribution in [1.82, 2.24) is 25.1 Å². The van der Waals surface area contributed by atoms with Crippen LogP contribution in [-0.4, -0.2) is 98.1 Å². The average Bonchev–Trinajstić information content (AvgIpc) is 3.15. The van der Waals surface area contributed by atoms with Gasteiger partial charge in [0, 0.05) is 81.6 Å². The number of pyridine rings is 2. The van der Waals surface area contributed by atoms with Crippen molar-refractivity contribution in [2.45, 2.75) is 32.2 Å². The summed E-state index contributed by atoms with van der Waals surface area (Å²) in [4.78, 5) is 55.7. The minimum Gasteiger partial charge on any atom is -0.493 e. The van der Waals surface area contributed by atoms with E-state index in [2.05, 4.69) is 15.2 Å². The molecule has 1 atom stereocenters. The maximum Gasteiger partial charge on any atom is 0.256 e. The lowest BCUT2D eigenvalue weighted by molar-refractivity contribution is -0.131. The zero-order chi connectivity index (χ0) is 35.9. The molecule has 0 radical (unpaired) electrons. The molecule has 2 bridgehead atoms. The van der Waals surface area contributed by atoms with E-state index in [9.17, 15) is 18.8 Å². The van der Waals surface area contributed by atoms with Crippen LogP contribution < -0.4 is 24.4 Å². The third-order valence-electron chi connectivity index (χ3n) is 9.52. The zero-order valence-corrected chi connectivity index (χ0v) is 29.2. The molecule has 4 aromatic rings. The molecular formula is C38H43FN6O6. The summed E-state index contributed by atoms with van der Waals surface area (Å²) in [6.07, 6.45) is 5.23. The minimum atomic E-state index is -0.651. The molecule has 13 heteroatoms. The quantitative estimate of drug-likeness (QED) is 0.315. The van der Waals surface area contributed by atoms with E-state index in [1.807, 2.05) is 18.2 Å². The van der Waals surface area contributed by atoms with E-state index in [1.54, 1.807) is 50.8 Å². The molecule has 12 nitrogen and oxygen atoms in total. The number of hydrogen-bond donors (Lipinski definition) is 1. The number of benzene rings is 2. The molecule has 1 N–H and O–H groups in total. The molecule has 2 aliphatic rings. The summed E-state index contributed by atoms with van der Waals surface area (Å²) in [7, 11) is 4.65. The van der Waals surface area contributed by atoms with Gasteiger partial charge in [-0.25, -0.2) is 9.37 Å². The number of anilines is 1. The molecule has 0 aliphatic carbocycles. The van der Waals surface area contributed by atoms with Gasteiger partial charge in [0.25, 0.3) is 5.91 Å². The topological polar surface area (TPSA) is 126 Å². The first-order valence-electron chi connectivity index (χ1n) is 17.1. The predicted octanol–water partition coefficient (Wildman–Crippen LogP) is 4.24. The van der Waals surface area contributed by atoms with Crippen molar-refractivity contribution in [3.05, 3.63) is 83.4 Å². The van der Waals surface area contributed by atoms with Crippen molar-refractivity contribution < 1.29 is 33.0 Å². The number of hydrogen-bond acceptors (Lipinski definition) is 9. The Balaban J connectivity index is 1.46. The van der Waals surface area contributed by atoms with E-state index < -0.39 is 11.7 Å². The maximum absolute atomic E-state index is 14.9. The van der Waals surface area contributed by atoms with E-state index in [0.717, 1.165) is 30.5 Å². The molecule has 2 aromatic carbocycles. The molecular weight excluding hydrogens is 655 g/mol. The van der Waals surface area contributed by atoms with Crippen LogP contribution in [0.2, 0.25) is 0 Å². The summed E-state index contributed by atoms with van der Waals surface area (Å²) in [6.45, 7) is 2.26. The Kier molecular flexibility index (Phi) is 11.1. The third-order valence-corrected chi connectivity index (χ3v) is 9.52. The van der Waals surface area contributed by atoms with Gasteiger partial charge in [-0.1, -0.05) is 18.2 Å². The highest BCUT2D eigenvalue weighted by Crippen LogP contribution is 2.44. The Morgan fingerprint density at radius 3 is 2.51 bits per heavy atom. The summed E-state index contributed by atoms with van der Waals surface area (Å²) in [5.41, 5.74) is 2.05. The Bertz CT molecular complexity index is 1890. The van der Waals surface area contributed by atoms with Gasteiger partial charge in [-0.2, -0.15) is 0 Å². The van der Waals surface area contributed by atoms with Crippen LogP contribution in [0.1, 0.15) is 40.7 Å². The van der Waals surface area contributed by atoms with E-state index in [1.165, 1.54) is 23.1 Å². The van der Waals surface area contributed by atoms with Crippen molar-refractivity contribution >= 4 is 34.4 Å². The monoisotopic (exact) mass is 698 g/mol. The SMILES string of the molecule is COc1cc2nc3c(cc2c(OC)c1OC)CN(C(=O)Cc1cccnc1)CCN(C(=O)c1ccccc1F)CCC(=O)NCC1CCCN3C1.